The lowest BCUT2D eigenvalue weighted by atomic mass is 9.95. The van der Waals surface area contributed by atoms with E-state index in [2.05, 4.69) is 15.5 Å². The van der Waals surface area contributed by atoms with E-state index in [0.29, 0.717) is 5.13 Å². The zero-order valence-electron chi connectivity index (χ0n) is 12.7. The summed E-state index contributed by atoms with van der Waals surface area (Å²) in [6.45, 7) is 0. The minimum absolute atomic E-state index is 0.107. The van der Waals surface area contributed by atoms with Crippen molar-refractivity contribution in [3.8, 4) is 10.6 Å². The Hall–Kier alpha value is -2.60. The zero-order valence-corrected chi connectivity index (χ0v) is 13.5. The van der Waals surface area contributed by atoms with Crippen LogP contribution in [0.1, 0.15) is 18.4 Å². The number of carbonyl (C=O) groups excluding carboxylic acids is 1. The van der Waals surface area contributed by atoms with Crippen LogP contribution in [-0.4, -0.2) is 16.1 Å². The second-order valence-corrected chi connectivity index (χ2v) is 6.80. The highest BCUT2D eigenvalue weighted by Crippen LogP contribution is 2.49. The monoisotopic (exact) mass is 339 g/mol. The average Bonchev–Trinajstić information content (AvgIpc) is 3.30. The number of rotatable bonds is 4. The van der Waals surface area contributed by atoms with E-state index in [4.69, 9.17) is 0 Å². The van der Waals surface area contributed by atoms with Gasteiger partial charge < -0.3 is 0 Å². The van der Waals surface area contributed by atoms with Crippen molar-refractivity contribution in [3.63, 3.8) is 0 Å². The fourth-order valence-electron chi connectivity index (χ4n) is 2.73. The Morgan fingerprint density at radius 2 is 1.75 bits per heavy atom. The molecule has 24 heavy (non-hydrogen) atoms. The second kappa shape index (κ2) is 5.79. The molecule has 1 saturated carbocycles. The fourth-order valence-corrected chi connectivity index (χ4v) is 3.47. The molecule has 2 aromatic carbocycles. The summed E-state index contributed by atoms with van der Waals surface area (Å²) in [6, 6.07) is 15.8. The molecule has 0 unspecified atom stereocenters. The van der Waals surface area contributed by atoms with Crippen molar-refractivity contribution in [3.05, 3.63) is 66.0 Å². The number of hydrogen-bond acceptors (Lipinski definition) is 4. The van der Waals surface area contributed by atoms with E-state index in [0.717, 1.165) is 29.0 Å². The third-order valence-electron chi connectivity index (χ3n) is 4.25. The number of carbonyl (C=O) groups is 1. The molecule has 3 aromatic rings. The van der Waals surface area contributed by atoms with Crippen molar-refractivity contribution in [2.75, 3.05) is 5.32 Å². The highest BCUT2D eigenvalue weighted by molar-refractivity contribution is 7.18. The quantitative estimate of drug-likeness (QED) is 0.781. The molecule has 1 N–H and O–H groups in total. The van der Waals surface area contributed by atoms with Crippen LogP contribution in [0.4, 0.5) is 9.52 Å². The van der Waals surface area contributed by atoms with Gasteiger partial charge in [-0.3, -0.25) is 10.1 Å². The molecule has 0 bridgehead atoms. The topological polar surface area (TPSA) is 54.9 Å². The number of halogens is 1. The number of nitrogens with one attached hydrogen (secondary N) is 1. The van der Waals surface area contributed by atoms with Crippen LogP contribution in [0.2, 0.25) is 0 Å². The van der Waals surface area contributed by atoms with E-state index in [1.165, 1.54) is 23.5 Å². The van der Waals surface area contributed by atoms with E-state index in [1.54, 1.807) is 12.1 Å². The fraction of sp³-hybridized carbons (Fsp3) is 0.167. The van der Waals surface area contributed by atoms with E-state index < -0.39 is 5.41 Å². The number of amides is 1. The van der Waals surface area contributed by atoms with Gasteiger partial charge in [0.15, 0.2) is 0 Å². The lowest BCUT2D eigenvalue weighted by molar-refractivity contribution is -0.118. The van der Waals surface area contributed by atoms with E-state index in [9.17, 15) is 9.18 Å². The minimum atomic E-state index is -0.563. The maximum Gasteiger partial charge on any atom is 0.236 e. The lowest BCUT2D eigenvalue weighted by Gasteiger charge is -2.14. The van der Waals surface area contributed by atoms with Crippen LogP contribution >= 0.6 is 11.3 Å². The normalized spacial score (nSPS) is 15.0. The Balaban J connectivity index is 1.53. The Morgan fingerprint density at radius 1 is 1.04 bits per heavy atom. The van der Waals surface area contributed by atoms with Gasteiger partial charge in [-0.2, -0.15) is 0 Å². The maximum atomic E-state index is 13.1. The first-order valence-corrected chi connectivity index (χ1v) is 8.45. The first kappa shape index (κ1) is 15.0. The molecule has 0 spiro atoms. The molecule has 0 saturated heterocycles. The van der Waals surface area contributed by atoms with Crippen molar-refractivity contribution in [2.24, 2.45) is 0 Å². The van der Waals surface area contributed by atoms with Gasteiger partial charge in [-0.1, -0.05) is 53.8 Å². The molecule has 4 nitrogen and oxygen atoms in total. The van der Waals surface area contributed by atoms with Crippen LogP contribution in [0.5, 0.6) is 0 Å². The van der Waals surface area contributed by atoms with Gasteiger partial charge in [0.25, 0.3) is 0 Å². The molecule has 1 aliphatic rings. The van der Waals surface area contributed by atoms with Gasteiger partial charge in [-0.25, -0.2) is 4.39 Å². The molecule has 1 aliphatic carbocycles. The number of hydrogen-bond donors (Lipinski definition) is 1. The molecule has 120 valence electrons. The van der Waals surface area contributed by atoms with Crippen LogP contribution in [0, 0.1) is 5.82 Å². The first-order valence-electron chi connectivity index (χ1n) is 7.64. The highest BCUT2D eigenvalue weighted by Gasteiger charge is 2.51. The molecule has 1 amide bonds. The molecule has 0 atom stereocenters. The van der Waals surface area contributed by atoms with Crippen molar-refractivity contribution in [1.82, 2.24) is 10.2 Å². The largest absolute Gasteiger partial charge is 0.300 e. The van der Waals surface area contributed by atoms with Crippen LogP contribution < -0.4 is 5.32 Å². The second-order valence-electron chi connectivity index (χ2n) is 5.82. The number of anilines is 1. The van der Waals surface area contributed by atoms with Gasteiger partial charge in [-0.05, 0) is 30.5 Å². The third kappa shape index (κ3) is 2.69. The van der Waals surface area contributed by atoms with Gasteiger partial charge in [0.1, 0.15) is 10.8 Å². The van der Waals surface area contributed by atoms with Crippen LogP contribution in [0.25, 0.3) is 10.6 Å². The number of nitrogens with zero attached hydrogens (tertiary/aromatic N) is 2. The van der Waals surface area contributed by atoms with Crippen LogP contribution in [-0.2, 0) is 10.2 Å². The number of aromatic nitrogens is 2. The molecule has 1 fully saturated rings. The Labute approximate surface area is 142 Å². The Kier molecular flexibility index (Phi) is 3.61. The average molecular weight is 339 g/mol. The van der Waals surface area contributed by atoms with E-state index in [-0.39, 0.29) is 11.7 Å². The Morgan fingerprint density at radius 3 is 2.42 bits per heavy atom. The van der Waals surface area contributed by atoms with Crippen LogP contribution in [0.3, 0.4) is 0 Å². The van der Waals surface area contributed by atoms with Gasteiger partial charge in [-0.15, -0.1) is 10.2 Å². The van der Waals surface area contributed by atoms with Crippen molar-refractivity contribution in [2.45, 2.75) is 18.3 Å². The molecule has 1 heterocycles. The van der Waals surface area contributed by atoms with Crippen molar-refractivity contribution >= 4 is 22.4 Å². The molecule has 4 rings (SSSR count). The predicted molar refractivity (Wildman–Crippen MR) is 91.3 cm³/mol. The zero-order chi connectivity index (χ0) is 16.6. The van der Waals surface area contributed by atoms with Gasteiger partial charge in [0.05, 0.1) is 5.41 Å². The standard InChI is InChI=1S/C18H14FN3OS/c19-14-8-6-13(7-9-14)18(10-11-18)16(23)20-17-22-21-15(24-17)12-4-2-1-3-5-12/h1-9H,10-11H2,(H,20,22,23). The lowest BCUT2D eigenvalue weighted by Crippen LogP contribution is -2.27. The van der Waals surface area contributed by atoms with E-state index >= 15 is 0 Å². The molecule has 0 aliphatic heterocycles. The van der Waals surface area contributed by atoms with Crippen molar-refractivity contribution in [1.29, 1.82) is 0 Å². The van der Waals surface area contributed by atoms with Crippen molar-refractivity contribution < 1.29 is 9.18 Å². The SMILES string of the molecule is O=C(Nc1nnc(-c2ccccc2)s1)C1(c2ccc(F)cc2)CC1. The Bertz CT molecular complexity index is 873. The summed E-state index contributed by atoms with van der Waals surface area (Å²) < 4.78 is 13.1. The molecular formula is C18H14FN3OS. The van der Waals surface area contributed by atoms with Gasteiger partial charge in [0.2, 0.25) is 11.0 Å². The summed E-state index contributed by atoms with van der Waals surface area (Å²) in [5, 5.41) is 12.3. The van der Waals surface area contributed by atoms with E-state index in [1.807, 2.05) is 30.3 Å². The summed E-state index contributed by atoms with van der Waals surface area (Å²) in [7, 11) is 0. The van der Waals surface area contributed by atoms with Gasteiger partial charge in [0, 0.05) is 5.56 Å². The molecule has 6 heteroatoms. The summed E-state index contributed by atoms with van der Waals surface area (Å²) >= 11 is 1.34. The smallest absolute Gasteiger partial charge is 0.236 e. The predicted octanol–water partition coefficient (Wildman–Crippen LogP) is 4.01. The summed E-state index contributed by atoms with van der Waals surface area (Å²) in [5.74, 6) is -0.406. The maximum absolute atomic E-state index is 13.1. The van der Waals surface area contributed by atoms with Crippen LogP contribution in [0.15, 0.2) is 54.6 Å². The minimum Gasteiger partial charge on any atom is -0.300 e. The molecule has 1 aromatic heterocycles. The highest BCUT2D eigenvalue weighted by atomic mass is 32.1. The summed E-state index contributed by atoms with van der Waals surface area (Å²) in [5.41, 5.74) is 1.25. The molecular weight excluding hydrogens is 325 g/mol. The molecule has 0 radical (unpaired) electrons. The third-order valence-corrected chi connectivity index (χ3v) is 5.14. The number of benzene rings is 2. The first-order chi connectivity index (χ1) is 11.7. The van der Waals surface area contributed by atoms with Gasteiger partial charge >= 0.3 is 0 Å². The summed E-state index contributed by atoms with van der Waals surface area (Å²) in [6.07, 6.45) is 1.52. The summed E-state index contributed by atoms with van der Waals surface area (Å²) in [4.78, 5) is 12.7.